The summed E-state index contributed by atoms with van der Waals surface area (Å²) in [5.74, 6) is 0.550. The smallest absolute Gasteiger partial charge is 0.224 e. The van der Waals surface area contributed by atoms with Crippen LogP contribution in [0.3, 0.4) is 0 Å². The van der Waals surface area contributed by atoms with Crippen molar-refractivity contribution in [2.75, 3.05) is 11.1 Å². The summed E-state index contributed by atoms with van der Waals surface area (Å²) >= 11 is 0. The number of imidazole rings is 1. The minimum absolute atomic E-state index is 0.0666. The van der Waals surface area contributed by atoms with E-state index in [2.05, 4.69) is 20.3 Å². The van der Waals surface area contributed by atoms with Gasteiger partial charge in [-0.25, -0.2) is 4.98 Å². The standard InChI is InChI=1S/C17H19N6O3/c1-17(25)11(24)8-26-15(17)23-9-20-12-13(21-16(18)22-14(12)23)19-7-10-5-3-2-4-6-10/h2-6,8-9,11,15,24-25H,7H2,1H3,(H3,18,19,21,22). The Kier molecular flexibility index (Phi) is 3.98. The van der Waals surface area contributed by atoms with Gasteiger partial charge in [-0.15, -0.1) is 0 Å². The Morgan fingerprint density at radius 1 is 1.31 bits per heavy atom. The van der Waals surface area contributed by atoms with Crippen LogP contribution in [0.4, 0.5) is 11.8 Å². The van der Waals surface area contributed by atoms with Crippen molar-refractivity contribution in [1.29, 1.82) is 0 Å². The topological polar surface area (TPSA) is 131 Å². The number of rotatable bonds is 4. The van der Waals surface area contributed by atoms with Gasteiger partial charge in [-0.2, -0.15) is 9.97 Å². The van der Waals surface area contributed by atoms with Crippen LogP contribution >= 0.6 is 0 Å². The summed E-state index contributed by atoms with van der Waals surface area (Å²) in [6.07, 6.45) is -0.518. The highest BCUT2D eigenvalue weighted by atomic mass is 16.5. The zero-order valence-corrected chi connectivity index (χ0v) is 14.1. The molecule has 1 aliphatic heterocycles. The van der Waals surface area contributed by atoms with E-state index >= 15 is 0 Å². The van der Waals surface area contributed by atoms with Gasteiger partial charge in [0, 0.05) is 6.54 Å². The third-order valence-corrected chi connectivity index (χ3v) is 4.43. The van der Waals surface area contributed by atoms with Crippen molar-refractivity contribution in [3.63, 3.8) is 0 Å². The van der Waals surface area contributed by atoms with Crippen molar-refractivity contribution >= 4 is 22.9 Å². The number of nitrogens with zero attached hydrogens (tertiary/aromatic N) is 4. The van der Waals surface area contributed by atoms with E-state index in [0.717, 1.165) is 5.56 Å². The highest BCUT2D eigenvalue weighted by molar-refractivity contribution is 5.84. The van der Waals surface area contributed by atoms with Crippen LogP contribution in [0.25, 0.3) is 11.2 Å². The molecule has 1 saturated heterocycles. The van der Waals surface area contributed by atoms with E-state index in [1.807, 2.05) is 30.3 Å². The van der Waals surface area contributed by atoms with Crippen LogP contribution in [-0.4, -0.2) is 41.4 Å². The molecule has 2 aromatic heterocycles. The van der Waals surface area contributed by atoms with Crippen molar-refractivity contribution in [3.8, 4) is 0 Å². The molecule has 3 heterocycles. The average Bonchev–Trinajstić information content (AvgIpc) is 3.14. The molecule has 3 unspecified atom stereocenters. The molecule has 135 valence electrons. The molecule has 3 aromatic rings. The third-order valence-electron chi connectivity index (χ3n) is 4.43. The first-order valence-electron chi connectivity index (χ1n) is 8.14. The predicted molar refractivity (Wildman–Crippen MR) is 94.6 cm³/mol. The number of aromatic nitrogens is 4. The number of fused-ring (bicyclic) bond motifs is 1. The van der Waals surface area contributed by atoms with Crippen LogP contribution in [0, 0.1) is 6.61 Å². The second-order valence-electron chi connectivity index (χ2n) is 6.39. The summed E-state index contributed by atoms with van der Waals surface area (Å²) in [4.78, 5) is 12.8. The molecule has 0 saturated carbocycles. The fourth-order valence-electron chi connectivity index (χ4n) is 2.93. The maximum absolute atomic E-state index is 10.5. The highest BCUT2D eigenvalue weighted by Gasteiger charge is 2.48. The maximum atomic E-state index is 10.5. The van der Waals surface area contributed by atoms with Gasteiger partial charge in [-0.3, -0.25) is 4.57 Å². The summed E-state index contributed by atoms with van der Waals surface area (Å²) in [6, 6.07) is 9.85. The van der Waals surface area contributed by atoms with Gasteiger partial charge in [0.05, 0.1) is 6.33 Å². The van der Waals surface area contributed by atoms with Crippen molar-refractivity contribution in [2.45, 2.75) is 31.4 Å². The van der Waals surface area contributed by atoms with E-state index in [9.17, 15) is 10.2 Å². The molecule has 4 rings (SSSR count). The molecule has 9 heteroatoms. The van der Waals surface area contributed by atoms with Crippen molar-refractivity contribution in [2.24, 2.45) is 0 Å². The Balaban J connectivity index is 1.69. The SMILES string of the molecule is CC1(O)C(O)[CH]OC1n1cnc2c(NCc3ccccc3)nc(N)nc21. The molecule has 0 spiro atoms. The van der Waals surface area contributed by atoms with Gasteiger partial charge in [0.1, 0.15) is 18.3 Å². The minimum atomic E-state index is -1.52. The summed E-state index contributed by atoms with van der Waals surface area (Å²) in [5.41, 5.74) is 6.31. The van der Waals surface area contributed by atoms with Crippen LogP contribution in [0.1, 0.15) is 18.7 Å². The van der Waals surface area contributed by atoms with E-state index in [-0.39, 0.29) is 5.95 Å². The van der Waals surface area contributed by atoms with Gasteiger partial charge in [-0.1, -0.05) is 30.3 Å². The Labute approximate surface area is 149 Å². The van der Waals surface area contributed by atoms with E-state index < -0.39 is 17.9 Å². The van der Waals surface area contributed by atoms with Crippen LogP contribution in [0.15, 0.2) is 36.7 Å². The second kappa shape index (κ2) is 6.20. The number of nitrogens with two attached hydrogens (primary N) is 1. The quantitative estimate of drug-likeness (QED) is 0.541. The van der Waals surface area contributed by atoms with Crippen molar-refractivity contribution < 1.29 is 14.9 Å². The van der Waals surface area contributed by atoms with E-state index in [0.29, 0.717) is 23.5 Å². The Hall–Kier alpha value is -2.75. The fourth-order valence-corrected chi connectivity index (χ4v) is 2.93. The first-order chi connectivity index (χ1) is 12.5. The summed E-state index contributed by atoms with van der Waals surface area (Å²) in [5, 5.41) is 23.6. The molecule has 26 heavy (non-hydrogen) atoms. The lowest BCUT2D eigenvalue weighted by atomic mass is 10.0. The Morgan fingerprint density at radius 2 is 2.08 bits per heavy atom. The number of aliphatic hydroxyl groups is 2. The number of nitrogen functional groups attached to an aromatic ring is 1. The predicted octanol–water partition coefficient (Wildman–Crippen LogP) is 0.823. The number of hydrogen-bond acceptors (Lipinski definition) is 8. The summed E-state index contributed by atoms with van der Waals surface area (Å²) in [6.45, 7) is 3.22. The number of ether oxygens (including phenoxy) is 1. The van der Waals surface area contributed by atoms with Gasteiger partial charge in [-0.05, 0) is 12.5 Å². The van der Waals surface area contributed by atoms with Gasteiger partial charge < -0.3 is 26.0 Å². The molecule has 0 aliphatic carbocycles. The fraction of sp³-hybridized carbons (Fsp3) is 0.294. The molecule has 1 radical (unpaired) electrons. The lowest BCUT2D eigenvalue weighted by Crippen LogP contribution is -2.41. The molecule has 9 nitrogen and oxygen atoms in total. The first kappa shape index (κ1) is 16.7. The zero-order valence-electron chi connectivity index (χ0n) is 14.1. The van der Waals surface area contributed by atoms with Gasteiger partial charge in [0.25, 0.3) is 0 Å². The van der Waals surface area contributed by atoms with Gasteiger partial charge in [0.15, 0.2) is 23.2 Å². The number of benzene rings is 1. The largest absolute Gasteiger partial charge is 0.387 e. The number of hydrogen-bond donors (Lipinski definition) is 4. The number of anilines is 2. The first-order valence-corrected chi connectivity index (χ1v) is 8.14. The second-order valence-corrected chi connectivity index (χ2v) is 6.39. The molecule has 3 atom stereocenters. The van der Waals surface area contributed by atoms with Crippen molar-refractivity contribution in [3.05, 3.63) is 48.8 Å². The molecule has 0 bridgehead atoms. The van der Waals surface area contributed by atoms with E-state index in [1.54, 1.807) is 0 Å². The average molecular weight is 355 g/mol. The van der Waals surface area contributed by atoms with Crippen molar-refractivity contribution in [1.82, 2.24) is 19.5 Å². The highest BCUT2D eigenvalue weighted by Crippen LogP contribution is 2.38. The molecular weight excluding hydrogens is 336 g/mol. The third kappa shape index (κ3) is 2.75. The zero-order chi connectivity index (χ0) is 18.3. The molecule has 1 aromatic carbocycles. The van der Waals surface area contributed by atoms with Crippen LogP contribution in [0.5, 0.6) is 0 Å². The Bertz CT molecular complexity index is 927. The Morgan fingerprint density at radius 3 is 2.77 bits per heavy atom. The van der Waals surface area contributed by atoms with Gasteiger partial charge >= 0.3 is 0 Å². The van der Waals surface area contributed by atoms with Crippen LogP contribution in [-0.2, 0) is 11.3 Å². The summed E-state index contributed by atoms with van der Waals surface area (Å²) in [7, 11) is 0. The lowest BCUT2D eigenvalue weighted by molar-refractivity contribution is -0.0919. The molecule has 1 fully saturated rings. The number of nitrogens with one attached hydrogen (secondary N) is 1. The monoisotopic (exact) mass is 355 g/mol. The van der Waals surface area contributed by atoms with Gasteiger partial charge in [0.2, 0.25) is 5.95 Å². The number of aliphatic hydroxyl groups excluding tert-OH is 1. The van der Waals surface area contributed by atoms with Crippen LogP contribution in [0.2, 0.25) is 0 Å². The molecule has 0 amide bonds. The van der Waals surface area contributed by atoms with E-state index in [4.69, 9.17) is 10.5 Å². The van der Waals surface area contributed by atoms with Crippen LogP contribution < -0.4 is 11.1 Å². The van der Waals surface area contributed by atoms with E-state index in [1.165, 1.54) is 24.4 Å². The minimum Gasteiger partial charge on any atom is -0.387 e. The maximum Gasteiger partial charge on any atom is 0.224 e. The molecule has 1 aliphatic rings. The normalized spacial score (nSPS) is 25.7. The molecule has 5 N–H and O–H groups in total. The summed E-state index contributed by atoms with van der Waals surface area (Å²) < 4.78 is 6.95. The molecular formula is C17H19N6O3. The lowest BCUT2D eigenvalue weighted by Gasteiger charge is -2.27.